The van der Waals surface area contributed by atoms with Crippen LogP contribution in [0.4, 0.5) is 5.69 Å². The van der Waals surface area contributed by atoms with Gasteiger partial charge in [0.05, 0.1) is 13.1 Å². The van der Waals surface area contributed by atoms with Crippen LogP contribution in [0, 0.1) is 0 Å². The average Bonchev–Trinajstić information content (AvgIpc) is 2.85. The van der Waals surface area contributed by atoms with Crippen molar-refractivity contribution in [1.29, 1.82) is 0 Å². The molecule has 2 heterocycles. The summed E-state index contributed by atoms with van der Waals surface area (Å²) in [5.74, 6) is 0.0620. The lowest BCUT2D eigenvalue weighted by molar-refractivity contribution is -0.911. The van der Waals surface area contributed by atoms with Crippen LogP contribution in [-0.2, 0) is 0 Å². The first kappa shape index (κ1) is 15.2. The number of carbonyl (C=O) groups excluding carboxylic acids is 1. The summed E-state index contributed by atoms with van der Waals surface area (Å²) >= 11 is 0. The molecule has 2 aliphatic heterocycles. The first-order chi connectivity index (χ1) is 11.7. The minimum absolute atomic E-state index is 0.0620. The van der Waals surface area contributed by atoms with E-state index < -0.39 is 0 Å². The lowest BCUT2D eigenvalue weighted by atomic mass is 10.0. The summed E-state index contributed by atoms with van der Waals surface area (Å²) in [4.78, 5) is 16.8. The zero-order valence-electron chi connectivity index (χ0n) is 14.0. The Kier molecular flexibility index (Phi) is 3.95. The minimum Gasteiger partial charge on any atom is -0.329 e. The molecule has 2 bridgehead atoms. The highest BCUT2D eigenvalue weighted by Crippen LogP contribution is 2.29. The quantitative estimate of drug-likeness (QED) is 0.924. The third-order valence-electron chi connectivity index (χ3n) is 5.43. The average molecular weight is 319 g/mol. The fraction of sp³-hybridized carbons (Fsp3) is 0.286. The largest absolute Gasteiger partial charge is 0.329 e. The summed E-state index contributed by atoms with van der Waals surface area (Å²) in [6.45, 7) is 0. The Morgan fingerprint density at radius 2 is 1.67 bits per heavy atom. The van der Waals surface area contributed by atoms with Gasteiger partial charge in [-0.2, -0.15) is 0 Å². The summed E-state index contributed by atoms with van der Waals surface area (Å²) < 4.78 is 0. The van der Waals surface area contributed by atoms with E-state index in [-0.39, 0.29) is 5.91 Å². The second-order valence-corrected chi connectivity index (χ2v) is 6.83. The molecule has 24 heavy (non-hydrogen) atoms. The number of rotatable bonds is 3. The number of likely N-dealkylation sites (N-methyl/N-ethyl adjacent to an activating group) is 1. The molecule has 2 aliphatic rings. The molecule has 1 fully saturated rings. The Balaban J connectivity index is 1.75. The molecule has 3 nitrogen and oxygen atoms in total. The maximum Gasteiger partial charge on any atom is 0.262 e. The van der Waals surface area contributed by atoms with Gasteiger partial charge in [0, 0.05) is 36.2 Å². The fourth-order valence-electron chi connectivity index (χ4n) is 4.04. The number of hydrogen-bond donors (Lipinski definition) is 1. The Morgan fingerprint density at radius 1 is 1.00 bits per heavy atom. The Morgan fingerprint density at radius 3 is 2.33 bits per heavy atom. The highest BCUT2D eigenvalue weighted by Gasteiger charge is 2.40. The number of quaternary nitrogens is 1. The number of fused-ring (bicyclic) bond motifs is 2. The molecule has 122 valence electrons. The normalized spacial score (nSPS) is 25.2. The smallest absolute Gasteiger partial charge is 0.262 e. The SMILES string of the molecule is C[NH+]1C2C=C(N(C(=O)c3ccccc3)c3ccccc3)CC1CC2. The van der Waals surface area contributed by atoms with Gasteiger partial charge in [-0.25, -0.2) is 0 Å². The standard InChI is InChI=1S/C21H22N2O/c1-22-18-12-13-19(22)15-20(14-18)23(17-10-6-3-7-11-17)21(24)16-8-4-2-5-9-16/h2-11,14,18-19H,12-13,15H2,1H3/p+1. The highest BCUT2D eigenvalue weighted by molar-refractivity contribution is 6.08. The zero-order valence-corrected chi connectivity index (χ0v) is 14.0. The van der Waals surface area contributed by atoms with Crippen LogP contribution in [0.5, 0.6) is 0 Å². The second kappa shape index (κ2) is 6.25. The number of para-hydroxylation sites is 1. The maximum absolute atomic E-state index is 13.2. The third kappa shape index (κ3) is 2.65. The van der Waals surface area contributed by atoms with Crippen LogP contribution >= 0.6 is 0 Å². The number of nitrogens with zero attached hydrogens (tertiary/aromatic N) is 1. The molecular formula is C21H23N2O+. The lowest BCUT2D eigenvalue weighted by Gasteiger charge is -2.33. The predicted molar refractivity (Wildman–Crippen MR) is 96.1 cm³/mol. The van der Waals surface area contributed by atoms with Crippen LogP contribution in [0.1, 0.15) is 29.6 Å². The van der Waals surface area contributed by atoms with Crippen LogP contribution in [0.15, 0.2) is 72.4 Å². The van der Waals surface area contributed by atoms with E-state index in [0.29, 0.717) is 12.1 Å². The van der Waals surface area contributed by atoms with Crippen molar-refractivity contribution in [3.05, 3.63) is 78.0 Å². The number of amides is 1. The third-order valence-corrected chi connectivity index (χ3v) is 5.43. The number of anilines is 1. The molecule has 0 saturated carbocycles. The van der Waals surface area contributed by atoms with Crippen molar-refractivity contribution in [2.24, 2.45) is 0 Å². The molecule has 2 aromatic rings. The molecule has 1 amide bonds. The van der Waals surface area contributed by atoms with Crippen molar-refractivity contribution < 1.29 is 9.69 Å². The summed E-state index contributed by atoms with van der Waals surface area (Å²) in [6.07, 6.45) is 5.77. The molecular weight excluding hydrogens is 296 g/mol. The molecule has 0 aliphatic carbocycles. The van der Waals surface area contributed by atoms with Gasteiger partial charge in [-0.1, -0.05) is 36.4 Å². The van der Waals surface area contributed by atoms with E-state index >= 15 is 0 Å². The van der Waals surface area contributed by atoms with Crippen molar-refractivity contribution in [3.8, 4) is 0 Å². The summed E-state index contributed by atoms with van der Waals surface area (Å²) in [6, 6.07) is 20.8. The molecule has 3 heteroatoms. The van der Waals surface area contributed by atoms with Gasteiger partial charge in [0.2, 0.25) is 0 Å². The summed E-state index contributed by atoms with van der Waals surface area (Å²) in [5.41, 5.74) is 2.85. The van der Waals surface area contributed by atoms with E-state index in [0.717, 1.165) is 23.4 Å². The van der Waals surface area contributed by atoms with Crippen molar-refractivity contribution >= 4 is 11.6 Å². The van der Waals surface area contributed by atoms with Gasteiger partial charge in [0.15, 0.2) is 0 Å². The lowest BCUT2D eigenvalue weighted by Crippen LogP contribution is -3.14. The van der Waals surface area contributed by atoms with Gasteiger partial charge < -0.3 is 4.90 Å². The van der Waals surface area contributed by atoms with Crippen molar-refractivity contribution in [3.63, 3.8) is 0 Å². The monoisotopic (exact) mass is 319 g/mol. The Hall–Kier alpha value is -2.39. The maximum atomic E-state index is 13.2. The highest BCUT2D eigenvalue weighted by atomic mass is 16.2. The zero-order chi connectivity index (χ0) is 16.5. The molecule has 0 spiro atoms. The van der Waals surface area contributed by atoms with Crippen molar-refractivity contribution in [2.75, 3.05) is 11.9 Å². The molecule has 1 saturated heterocycles. The van der Waals surface area contributed by atoms with Crippen LogP contribution in [0.2, 0.25) is 0 Å². The van der Waals surface area contributed by atoms with E-state index in [1.807, 2.05) is 65.6 Å². The van der Waals surface area contributed by atoms with E-state index in [4.69, 9.17) is 0 Å². The molecule has 3 unspecified atom stereocenters. The first-order valence-corrected chi connectivity index (χ1v) is 8.72. The van der Waals surface area contributed by atoms with Crippen LogP contribution < -0.4 is 9.80 Å². The topological polar surface area (TPSA) is 24.8 Å². The van der Waals surface area contributed by atoms with Gasteiger partial charge in [-0.15, -0.1) is 0 Å². The molecule has 4 rings (SSSR count). The van der Waals surface area contributed by atoms with Gasteiger partial charge >= 0.3 is 0 Å². The van der Waals surface area contributed by atoms with Gasteiger partial charge in [0.25, 0.3) is 5.91 Å². The summed E-state index contributed by atoms with van der Waals surface area (Å²) in [7, 11) is 2.28. The van der Waals surface area contributed by atoms with Crippen LogP contribution in [0.25, 0.3) is 0 Å². The van der Waals surface area contributed by atoms with E-state index in [1.165, 1.54) is 12.8 Å². The Labute approximate surface area is 143 Å². The first-order valence-electron chi connectivity index (χ1n) is 8.72. The van der Waals surface area contributed by atoms with Gasteiger partial charge in [-0.3, -0.25) is 9.69 Å². The molecule has 2 aromatic carbocycles. The van der Waals surface area contributed by atoms with E-state index in [1.54, 1.807) is 4.90 Å². The molecule has 0 radical (unpaired) electrons. The van der Waals surface area contributed by atoms with Crippen molar-refractivity contribution in [1.82, 2.24) is 0 Å². The fourth-order valence-corrected chi connectivity index (χ4v) is 4.04. The van der Waals surface area contributed by atoms with Crippen molar-refractivity contribution in [2.45, 2.75) is 31.3 Å². The molecule has 1 N–H and O–H groups in total. The molecule has 0 aromatic heterocycles. The van der Waals surface area contributed by atoms with Gasteiger partial charge in [-0.05, 0) is 30.3 Å². The Bertz CT molecular complexity index is 754. The number of carbonyl (C=O) groups is 1. The number of hydrogen-bond acceptors (Lipinski definition) is 1. The second-order valence-electron chi connectivity index (χ2n) is 6.83. The van der Waals surface area contributed by atoms with E-state index in [2.05, 4.69) is 13.1 Å². The van der Waals surface area contributed by atoms with E-state index in [9.17, 15) is 4.79 Å². The van der Waals surface area contributed by atoms with Gasteiger partial charge in [0.1, 0.15) is 6.04 Å². The minimum atomic E-state index is 0.0620. The van der Waals surface area contributed by atoms with Crippen LogP contribution in [-0.4, -0.2) is 25.0 Å². The number of benzene rings is 2. The predicted octanol–water partition coefficient (Wildman–Crippen LogP) is 2.67. The number of nitrogens with one attached hydrogen (secondary N) is 1. The van der Waals surface area contributed by atoms with Crippen LogP contribution in [0.3, 0.4) is 0 Å². The molecule has 3 atom stereocenters. The summed E-state index contributed by atoms with van der Waals surface area (Å²) in [5, 5.41) is 0.